The van der Waals surface area contributed by atoms with Gasteiger partial charge in [0.05, 0.1) is 0 Å². The fourth-order valence-corrected chi connectivity index (χ4v) is 18.6. The zero-order chi connectivity index (χ0) is 61.9. The van der Waals surface area contributed by atoms with Crippen LogP contribution < -0.4 is 31.7 Å². The van der Waals surface area contributed by atoms with Gasteiger partial charge < -0.3 is 27.6 Å². The van der Waals surface area contributed by atoms with E-state index >= 15 is 0 Å². The first kappa shape index (κ1) is 50.1. The predicted molar refractivity (Wildman–Crippen MR) is 404 cm³/mol. The molecule has 438 valence electrons. The zero-order valence-electron chi connectivity index (χ0n) is 51.5. The molecule has 6 nitrogen and oxygen atoms in total. The van der Waals surface area contributed by atoms with Gasteiger partial charge in [0.1, 0.15) is 22.3 Å². The van der Waals surface area contributed by atoms with Crippen LogP contribution in [0.1, 0.15) is 0 Å². The van der Waals surface area contributed by atoms with Crippen molar-refractivity contribution in [1.82, 2.24) is 8.96 Å². The zero-order valence-corrected chi connectivity index (χ0v) is 51.5. The highest BCUT2D eigenvalue weighted by Gasteiger charge is 2.47. The molecule has 0 unspecified atom stereocenters. The summed E-state index contributed by atoms with van der Waals surface area (Å²) in [6.07, 6.45) is 0. The highest BCUT2D eigenvalue weighted by molar-refractivity contribution is 6.93. The van der Waals surface area contributed by atoms with E-state index in [1.54, 1.807) is 0 Å². The maximum atomic E-state index is 7.68. The SMILES string of the molecule is c1ccc2cc(N3c4cc5c(oc6ccccc65)c5c4B(c4c3ccc3ccccc43)n3c4ccc(-c6cccc7c6oc6cc8c9c(c67)-c6cccc7c%10ccccc%10n(c67)B9c6c(ccc7ccccc67)N8c6ccc7ccccc7c6)cc4c4cccc-5c43)ccc2c1. The van der Waals surface area contributed by atoms with Crippen LogP contribution in [0.15, 0.2) is 300 Å². The topological polar surface area (TPSA) is 42.6 Å². The van der Waals surface area contributed by atoms with Crippen molar-refractivity contribution in [2.24, 2.45) is 0 Å². The van der Waals surface area contributed by atoms with Crippen molar-refractivity contribution in [3.63, 3.8) is 0 Å². The van der Waals surface area contributed by atoms with Crippen molar-refractivity contribution in [2.75, 3.05) is 9.80 Å². The van der Waals surface area contributed by atoms with Crippen molar-refractivity contribution in [3.05, 3.63) is 291 Å². The molecule has 20 aromatic rings. The van der Waals surface area contributed by atoms with E-state index in [1.807, 2.05) is 0 Å². The summed E-state index contributed by atoms with van der Waals surface area (Å²) in [6.45, 7) is -0.366. The molecule has 24 rings (SSSR count). The van der Waals surface area contributed by atoms with Gasteiger partial charge in [-0.1, -0.05) is 218 Å². The van der Waals surface area contributed by atoms with Crippen molar-refractivity contribution in [2.45, 2.75) is 0 Å². The van der Waals surface area contributed by atoms with Gasteiger partial charge in [-0.3, -0.25) is 0 Å². The lowest BCUT2D eigenvalue weighted by Gasteiger charge is -2.41. The third kappa shape index (κ3) is 6.17. The second-order valence-electron chi connectivity index (χ2n) is 26.9. The van der Waals surface area contributed by atoms with Gasteiger partial charge in [0.15, 0.2) is 0 Å². The van der Waals surface area contributed by atoms with E-state index < -0.39 is 0 Å². The Labute approximate surface area is 549 Å². The Morgan fingerprint density at radius 3 is 1.42 bits per heavy atom. The Bertz CT molecular complexity index is 7030. The Kier molecular flexibility index (Phi) is 9.28. The molecule has 0 N–H and O–H groups in total. The number of benzene rings is 16. The van der Waals surface area contributed by atoms with Gasteiger partial charge in [0.2, 0.25) is 0 Å². The van der Waals surface area contributed by atoms with E-state index in [0.717, 1.165) is 83.3 Å². The third-order valence-electron chi connectivity index (χ3n) is 22.3. The maximum Gasteiger partial charge on any atom is 0.333 e. The molecule has 0 spiro atoms. The van der Waals surface area contributed by atoms with Crippen molar-refractivity contribution in [3.8, 4) is 33.4 Å². The molecule has 8 heteroatoms. The quantitative estimate of drug-likeness (QED) is 0.165. The molecule has 0 fully saturated rings. The summed E-state index contributed by atoms with van der Waals surface area (Å²) < 4.78 is 20.2. The van der Waals surface area contributed by atoms with E-state index in [-0.39, 0.29) is 13.7 Å². The average Bonchev–Trinajstić information content (AvgIpc) is 1.42. The molecule has 4 aliphatic rings. The molecule has 0 bridgehead atoms. The summed E-state index contributed by atoms with van der Waals surface area (Å²) in [4.78, 5) is 5.08. The highest BCUT2D eigenvalue weighted by Crippen LogP contribution is 2.54. The van der Waals surface area contributed by atoms with E-state index in [0.29, 0.717) is 0 Å². The molecule has 0 atom stereocenters. The second-order valence-corrected chi connectivity index (χ2v) is 26.9. The molecular weight excluding hydrogens is 1170 g/mol. The van der Waals surface area contributed by atoms with Gasteiger partial charge in [0.25, 0.3) is 0 Å². The minimum atomic E-state index is -0.210. The van der Waals surface area contributed by atoms with E-state index in [2.05, 4.69) is 310 Å². The van der Waals surface area contributed by atoms with Crippen molar-refractivity contribution < 1.29 is 8.83 Å². The van der Waals surface area contributed by atoms with Crippen LogP contribution in [-0.4, -0.2) is 22.7 Å². The standard InChI is InChI=1S/C88H48B2N4O2/c1-3-20-53-44-56(39-34-49(53)16-1)91-72-42-36-52-19-6-8-23-59(52)82(72)90-84-74(91)47-69-62-25-10-12-33-76(62)95-88(69)80(84)66-30-15-28-64-68-46-55(38-41-71(68)94(90)86(64)66)60-26-13-31-67-78-77(96-87(60)67)48-75-83-79(78)65-29-14-27-63-61-24-9-11-32-70(61)93(85(63)65)89(83)81-58-22-7-5-18-51(58)37-43-73(81)92(75)57-40-35-50-17-2-4-21-54(50)45-57/h1-48H. The van der Waals surface area contributed by atoms with Gasteiger partial charge in [-0.05, 0) is 143 Å². The first-order chi connectivity index (χ1) is 47.6. The van der Waals surface area contributed by atoms with E-state index in [4.69, 9.17) is 8.83 Å². The summed E-state index contributed by atoms with van der Waals surface area (Å²) in [5, 5.41) is 19.1. The number of fused-ring (bicyclic) bond motifs is 28. The maximum absolute atomic E-state index is 7.68. The first-order valence-corrected chi connectivity index (χ1v) is 33.4. The Balaban J connectivity index is 0.778. The van der Waals surface area contributed by atoms with Gasteiger partial charge in [-0.15, -0.1) is 0 Å². The fourth-order valence-electron chi connectivity index (χ4n) is 18.6. The lowest BCUT2D eigenvalue weighted by atomic mass is 9.44. The summed E-state index contributed by atoms with van der Waals surface area (Å²) in [5.74, 6) is 0. The van der Waals surface area contributed by atoms with Crippen molar-refractivity contribution in [1.29, 1.82) is 0 Å². The molecule has 0 saturated heterocycles. The minimum Gasteiger partial charge on any atom is -0.455 e. The number of nitrogens with zero attached hydrogens (tertiary/aromatic N) is 4. The van der Waals surface area contributed by atoms with Gasteiger partial charge in [-0.2, -0.15) is 0 Å². The molecule has 8 heterocycles. The summed E-state index contributed by atoms with van der Waals surface area (Å²) in [7, 11) is 0. The molecule has 96 heavy (non-hydrogen) atoms. The van der Waals surface area contributed by atoms with Crippen LogP contribution in [0.25, 0.3) is 164 Å². The summed E-state index contributed by atoms with van der Waals surface area (Å²) in [6, 6.07) is 109. The Morgan fingerprint density at radius 1 is 0.260 bits per heavy atom. The normalized spacial score (nSPS) is 13.5. The van der Waals surface area contributed by atoms with Gasteiger partial charge in [-0.25, -0.2) is 0 Å². The van der Waals surface area contributed by atoms with Crippen LogP contribution in [0.5, 0.6) is 0 Å². The third-order valence-corrected chi connectivity index (χ3v) is 22.3. The minimum absolute atomic E-state index is 0.157. The Morgan fingerprint density at radius 2 is 0.750 bits per heavy atom. The highest BCUT2D eigenvalue weighted by atomic mass is 16.3. The number of anilines is 6. The van der Waals surface area contributed by atoms with E-state index in [9.17, 15) is 0 Å². The van der Waals surface area contributed by atoms with Crippen LogP contribution in [0.3, 0.4) is 0 Å². The van der Waals surface area contributed by atoms with Crippen LogP contribution in [0.2, 0.25) is 0 Å². The number of hydrogen-bond donors (Lipinski definition) is 0. The average molecular weight is 1220 g/mol. The molecule has 0 radical (unpaired) electrons. The fraction of sp³-hybridized carbons (Fsp3) is 0. The number of furan rings is 2. The van der Waals surface area contributed by atoms with Gasteiger partial charge in [0, 0.05) is 128 Å². The molecule has 4 aliphatic heterocycles. The number of aromatic nitrogens is 2. The summed E-state index contributed by atoms with van der Waals surface area (Å²) in [5.41, 5.74) is 27.3. The molecule has 0 amide bonds. The number of hydrogen-bond acceptors (Lipinski definition) is 4. The molecule has 4 aromatic heterocycles. The van der Waals surface area contributed by atoms with Crippen molar-refractivity contribution >= 4 is 200 Å². The monoisotopic (exact) mass is 1210 g/mol. The summed E-state index contributed by atoms with van der Waals surface area (Å²) >= 11 is 0. The number of rotatable bonds is 3. The predicted octanol–water partition coefficient (Wildman–Crippen LogP) is 20.8. The van der Waals surface area contributed by atoms with Crippen LogP contribution in [0.4, 0.5) is 34.1 Å². The molecular formula is C88H48B2N4O2. The lowest BCUT2D eigenvalue weighted by Crippen LogP contribution is -2.57. The molecule has 16 aromatic carbocycles. The van der Waals surface area contributed by atoms with Gasteiger partial charge >= 0.3 is 13.7 Å². The van der Waals surface area contributed by atoms with E-state index in [1.165, 1.54) is 137 Å². The van der Waals surface area contributed by atoms with Crippen LogP contribution in [0, 0.1) is 0 Å². The smallest absolute Gasteiger partial charge is 0.333 e. The lowest BCUT2D eigenvalue weighted by molar-refractivity contribution is 0.670. The molecule has 0 aliphatic carbocycles. The molecule has 0 saturated carbocycles. The first-order valence-electron chi connectivity index (χ1n) is 33.4. The second kappa shape index (κ2) is 17.8. The largest absolute Gasteiger partial charge is 0.455 e. The Hall–Kier alpha value is -12.5. The number of para-hydroxylation sites is 5. The van der Waals surface area contributed by atoms with Crippen LogP contribution in [-0.2, 0) is 0 Å². The van der Waals surface area contributed by atoms with Crippen LogP contribution >= 0.6 is 0 Å².